The molecule has 0 atom stereocenters. The van der Waals surface area contributed by atoms with Crippen molar-refractivity contribution in [3.63, 3.8) is 0 Å². The van der Waals surface area contributed by atoms with Crippen molar-refractivity contribution < 1.29 is 4.79 Å². The van der Waals surface area contributed by atoms with Gasteiger partial charge in [0.1, 0.15) is 0 Å². The highest BCUT2D eigenvalue weighted by Crippen LogP contribution is 2.17. The first-order valence-electron chi connectivity index (χ1n) is 6.80. The lowest BCUT2D eigenvalue weighted by Crippen LogP contribution is -2.30. The molecule has 1 heterocycles. The molecular weight excluding hydrogens is 214 g/mol. The third kappa shape index (κ3) is 7.34. The highest BCUT2D eigenvalue weighted by atomic mass is 16.1. The Morgan fingerprint density at radius 1 is 1.35 bits per heavy atom. The van der Waals surface area contributed by atoms with Crippen molar-refractivity contribution in [2.75, 3.05) is 40.3 Å². The molecule has 0 aromatic heterocycles. The maximum absolute atomic E-state index is 11.6. The summed E-state index contributed by atoms with van der Waals surface area (Å²) >= 11 is 0. The van der Waals surface area contributed by atoms with E-state index in [9.17, 15) is 4.79 Å². The van der Waals surface area contributed by atoms with Crippen LogP contribution < -0.4 is 10.6 Å². The quantitative estimate of drug-likeness (QED) is 0.649. The van der Waals surface area contributed by atoms with Crippen molar-refractivity contribution in [1.29, 1.82) is 0 Å². The fraction of sp³-hybridized carbons (Fsp3) is 0.923. The molecule has 0 aromatic rings. The molecule has 0 spiro atoms. The summed E-state index contributed by atoms with van der Waals surface area (Å²) < 4.78 is 0. The first-order chi connectivity index (χ1) is 8.18. The average Bonchev–Trinajstić information content (AvgIpc) is 2.33. The molecule has 100 valence electrons. The van der Waals surface area contributed by atoms with E-state index in [1.54, 1.807) is 0 Å². The summed E-state index contributed by atoms with van der Waals surface area (Å²) in [4.78, 5) is 13.7. The Labute approximate surface area is 105 Å². The van der Waals surface area contributed by atoms with Gasteiger partial charge < -0.3 is 15.5 Å². The van der Waals surface area contributed by atoms with Crippen molar-refractivity contribution in [1.82, 2.24) is 15.5 Å². The van der Waals surface area contributed by atoms with E-state index in [4.69, 9.17) is 0 Å². The van der Waals surface area contributed by atoms with E-state index in [1.165, 1.54) is 12.8 Å². The van der Waals surface area contributed by atoms with Gasteiger partial charge in [0.25, 0.3) is 0 Å². The number of rotatable bonds is 7. The van der Waals surface area contributed by atoms with Crippen LogP contribution in [0.1, 0.15) is 32.1 Å². The molecule has 2 N–H and O–H groups in total. The van der Waals surface area contributed by atoms with E-state index in [0.29, 0.717) is 6.42 Å². The molecule has 4 heteroatoms. The fourth-order valence-corrected chi connectivity index (χ4v) is 2.22. The molecule has 0 bridgehead atoms. The molecule has 1 fully saturated rings. The monoisotopic (exact) mass is 241 g/mol. The van der Waals surface area contributed by atoms with Crippen LogP contribution in [-0.2, 0) is 4.79 Å². The largest absolute Gasteiger partial charge is 0.356 e. The second-order valence-electron chi connectivity index (χ2n) is 5.24. The molecule has 1 amide bonds. The van der Waals surface area contributed by atoms with E-state index >= 15 is 0 Å². The SMILES string of the molecule is CN(C)CCCNC(=O)CCC1CCNCC1. The van der Waals surface area contributed by atoms with E-state index < -0.39 is 0 Å². The van der Waals surface area contributed by atoms with Crippen molar-refractivity contribution in [2.24, 2.45) is 5.92 Å². The van der Waals surface area contributed by atoms with Crippen molar-refractivity contribution in [3.8, 4) is 0 Å². The lowest BCUT2D eigenvalue weighted by Gasteiger charge is -2.22. The van der Waals surface area contributed by atoms with Gasteiger partial charge in [-0.05, 0) is 65.3 Å². The molecule has 4 nitrogen and oxygen atoms in total. The zero-order valence-corrected chi connectivity index (χ0v) is 11.3. The predicted octanol–water partition coefficient (Wildman–Crippen LogP) is 0.834. The Bertz CT molecular complexity index is 213. The van der Waals surface area contributed by atoms with Gasteiger partial charge in [0.05, 0.1) is 0 Å². The molecular formula is C13H27N3O. The van der Waals surface area contributed by atoms with Gasteiger partial charge >= 0.3 is 0 Å². The molecule has 1 rings (SSSR count). The zero-order chi connectivity index (χ0) is 12.5. The number of piperidine rings is 1. The number of hydrogen-bond acceptors (Lipinski definition) is 3. The van der Waals surface area contributed by atoms with Gasteiger partial charge in [-0.3, -0.25) is 4.79 Å². The highest BCUT2D eigenvalue weighted by Gasteiger charge is 2.14. The summed E-state index contributed by atoms with van der Waals surface area (Å²) in [6, 6.07) is 0. The van der Waals surface area contributed by atoms with Gasteiger partial charge in [0, 0.05) is 13.0 Å². The average molecular weight is 241 g/mol. The lowest BCUT2D eigenvalue weighted by molar-refractivity contribution is -0.121. The summed E-state index contributed by atoms with van der Waals surface area (Å²) in [5.74, 6) is 0.978. The molecule has 0 aromatic carbocycles. The maximum atomic E-state index is 11.6. The Balaban J connectivity index is 1.96. The Hall–Kier alpha value is -0.610. The van der Waals surface area contributed by atoms with Gasteiger partial charge in [-0.25, -0.2) is 0 Å². The van der Waals surface area contributed by atoms with Crippen LogP contribution in [0.15, 0.2) is 0 Å². The standard InChI is InChI=1S/C13H27N3O/c1-16(2)11-3-8-15-13(17)5-4-12-6-9-14-10-7-12/h12,14H,3-11H2,1-2H3,(H,15,17). The predicted molar refractivity (Wildman–Crippen MR) is 71.0 cm³/mol. The minimum Gasteiger partial charge on any atom is -0.356 e. The highest BCUT2D eigenvalue weighted by molar-refractivity contribution is 5.75. The van der Waals surface area contributed by atoms with Crippen LogP contribution in [0.5, 0.6) is 0 Å². The zero-order valence-electron chi connectivity index (χ0n) is 11.3. The number of amides is 1. The summed E-state index contributed by atoms with van der Waals surface area (Å²) in [5.41, 5.74) is 0. The van der Waals surface area contributed by atoms with Gasteiger partial charge in [0.2, 0.25) is 5.91 Å². The third-order valence-electron chi connectivity index (χ3n) is 3.34. The molecule has 0 aliphatic carbocycles. The minimum atomic E-state index is 0.224. The van der Waals surface area contributed by atoms with Crippen molar-refractivity contribution in [3.05, 3.63) is 0 Å². The van der Waals surface area contributed by atoms with Gasteiger partial charge in [-0.1, -0.05) is 0 Å². The number of hydrogen-bond donors (Lipinski definition) is 2. The molecule has 0 unspecified atom stereocenters. The number of nitrogens with zero attached hydrogens (tertiary/aromatic N) is 1. The fourth-order valence-electron chi connectivity index (χ4n) is 2.22. The second-order valence-corrected chi connectivity index (χ2v) is 5.24. The number of carbonyl (C=O) groups excluding carboxylic acids is 1. The normalized spacial score (nSPS) is 17.4. The molecule has 17 heavy (non-hydrogen) atoms. The molecule has 1 saturated heterocycles. The summed E-state index contributed by atoms with van der Waals surface area (Å²) in [5, 5.41) is 6.35. The van der Waals surface area contributed by atoms with E-state index in [0.717, 1.165) is 44.9 Å². The summed E-state index contributed by atoms with van der Waals surface area (Å²) in [6.45, 7) is 4.09. The van der Waals surface area contributed by atoms with Crippen LogP contribution in [0.25, 0.3) is 0 Å². The summed E-state index contributed by atoms with van der Waals surface area (Å²) in [6.07, 6.45) is 5.25. The lowest BCUT2D eigenvalue weighted by atomic mass is 9.93. The van der Waals surface area contributed by atoms with E-state index in [-0.39, 0.29) is 5.91 Å². The van der Waals surface area contributed by atoms with Crippen LogP contribution in [-0.4, -0.2) is 51.1 Å². The Morgan fingerprint density at radius 2 is 2.06 bits per heavy atom. The van der Waals surface area contributed by atoms with Crippen LogP contribution in [0.2, 0.25) is 0 Å². The van der Waals surface area contributed by atoms with E-state index in [2.05, 4.69) is 29.6 Å². The van der Waals surface area contributed by atoms with Crippen LogP contribution in [0, 0.1) is 5.92 Å². The van der Waals surface area contributed by atoms with Crippen LogP contribution >= 0.6 is 0 Å². The van der Waals surface area contributed by atoms with Crippen LogP contribution in [0.4, 0.5) is 0 Å². The number of nitrogens with one attached hydrogen (secondary N) is 2. The summed E-state index contributed by atoms with van der Waals surface area (Å²) in [7, 11) is 4.11. The van der Waals surface area contributed by atoms with Gasteiger partial charge in [-0.15, -0.1) is 0 Å². The Morgan fingerprint density at radius 3 is 2.71 bits per heavy atom. The molecule has 0 radical (unpaired) electrons. The maximum Gasteiger partial charge on any atom is 0.220 e. The molecule has 1 aliphatic rings. The first-order valence-corrected chi connectivity index (χ1v) is 6.80. The van der Waals surface area contributed by atoms with Crippen molar-refractivity contribution >= 4 is 5.91 Å². The van der Waals surface area contributed by atoms with Gasteiger partial charge in [0.15, 0.2) is 0 Å². The smallest absolute Gasteiger partial charge is 0.220 e. The van der Waals surface area contributed by atoms with Crippen LogP contribution in [0.3, 0.4) is 0 Å². The molecule has 1 aliphatic heterocycles. The topological polar surface area (TPSA) is 44.4 Å². The first kappa shape index (κ1) is 14.5. The van der Waals surface area contributed by atoms with E-state index in [1.807, 2.05) is 0 Å². The third-order valence-corrected chi connectivity index (χ3v) is 3.34. The Kier molecular flexibility index (Phi) is 7.21. The van der Waals surface area contributed by atoms with Gasteiger partial charge in [-0.2, -0.15) is 0 Å². The second kappa shape index (κ2) is 8.48. The van der Waals surface area contributed by atoms with Crippen molar-refractivity contribution in [2.45, 2.75) is 32.1 Å². The molecule has 0 saturated carbocycles. The minimum absolute atomic E-state index is 0.224. The number of carbonyl (C=O) groups is 1.